The summed E-state index contributed by atoms with van der Waals surface area (Å²) in [6, 6.07) is 4.83. The van der Waals surface area contributed by atoms with Crippen molar-refractivity contribution in [1.82, 2.24) is 20.9 Å². The topological polar surface area (TPSA) is 126 Å². The van der Waals surface area contributed by atoms with Crippen molar-refractivity contribution in [2.24, 2.45) is 0 Å². The number of piperidine rings is 1. The van der Waals surface area contributed by atoms with E-state index in [1.165, 1.54) is 0 Å². The van der Waals surface area contributed by atoms with E-state index >= 15 is 0 Å². The van der Waals surface area contributed by atoms with Crippen molar-refractivity contribution in [1.29, 1.82) is 0 Å². The molecule has 2 aliphatic heterocycles. The maximum atomic E-state index is 12.9. The number of nitrogens with one attached hydrogen (secondary N) is 3. The first-order valence-corrected chi connectivity index (χ1v) is 12.4. The minimum absolute atomic E-state index is 0.191. The number of rotatable bonds is 15. The number of fused-ring (bicyclic) bond motifs is 1. The number of amides is 4. The van der Waals surface area contributed by atoms with E-state index in [9.17, 15) is 19.2 Å². The van der Waals surface area contributed by atoms with Gasteiger partial charge in [0.2, 0.25) is 18.2 Å². The Hall–Kier alpha value is -3.26. The van der Waals surface area contributed by atoms with Crippen LogP contribution in [0.25, 0.3) is 0 Å². The number of imide groups is 1. The molecule has 1 unspecified atom stereocenters. The van der Waals surface area contributed by atoms with Crippen LogP contribution < -0.4 is 16.0 Å². The van der Waals surface area contributed by atoms with E-state index in [0.29, 0.717) is 64.3 Å². The van der Waals surface area contributed by atoms with Gasteiger partial charge in [-0.2, -0.15) is 0 Å². The Morgan fingerprint density at radius 1 is 1.06 bits per heavy atom. The molecule has 0 aromatic heterocycles. The van der Waals surface area contributed by atoms with Gasteiger partial charge in [0.15, 0.2) is 0 Å². The van der Waals surface area contributed by atoms with Crippen LogP contribution in [0, 0.1) is 11.8 Å². The summed E-state index contributed by atoms with van der Waals surface area (Å²) in [6.07, 6.45) is 3.55. The molecule has 3 N–H and O–H groups in total. The van der Waals surface area contributed by atoms with Gasteiger partial charge in [0.1, 0.15) is 6.04 Å². The summed E-state index contributed by atoms with van der Waals surface area (Å²) in [5.74, 6) is 5.41. The summed E-state index contributed by atoms with van der Waals surface area (Å²) in [4.78, 5) is 48.2. The van der Waals surface area contributed by atoms with Gasteiger partial charge in [-0.15, -0.1) is 0 Å². The first kappa shape index (κ1) is 27.3. The predicted octanol–water partition coefficient (Wildman–Crippen LogP) is 0.338. The van der Waals surface area contributed by atoms with Gasteiger partial charge in [-0.05, 0) is 37.0 Å². The third-order valence-corrected chi connectivity index (χ3v) is 5.93. The van der Waals surface area contributed by atoms with Crippen molar-refractivity contribution in [2.45, 2.75) is 44.7 Å². The molecule has 0 radical (unpaired) electrons. The van der Waals surface area contributed by atoms with Gasteiger partial charge in [0, 0.05) is 70.0 Å². The van der Waals surface area contributed by atoms with Crippen LogP contribution in [0.5, 0.6) is 0 Å². The molecule has 0 saturated carbocycles. The Kier molecular flexibility index (Phi) is 11.4. The van der Waals surface area contributed by atoms with E-state index in [1.54, 1.807) is 17.0 Å². The standard InChI is InChI=1S/C26H34N4O6/c31-19-28-12-4-14-35-15-5-16-36-17-13-27-11-2-1-6-20-7-3-8-21-22(20)18-30(26(21)34)23-9-10-24(32)29-25(23)33/h3,7-8,19,23,27H,2,4-5,9-18H2,(H,28,31)(H,29,32,33). The second-order valence-corrected chi connectivity index (χ2v) is 8.54. The van der Waals surface area contributed by atoms with Gasteiger partial charge in [-0.1, -0.05) is 17.9 Å². The van der Waals surface area contributed by atoms with Crippen LogP contribution in [-0.2, 0) is 30.4 Å². The summed E-state index contributed by atoms with van der Waals surface area (Å²) in [5.41, 5.74) is 2.20. The van der Waals surface area contributed by atoms with E-state index in [1.807, 2.05) is 6.07 Å². The Balaban J connectivity index is 1.30. The molecule has 0 spiro atoms. The Bertz CT molecular complexity index is 986. The van der Waals surface area contributed by atoms with Crippen molar-refractivity contribution >= 4 is 24.1 Å². The minimum Gasteiger partial charge on any atom is -0.381 e. The smallest absolute Gasteiger partial charge is 0.255 e. The van der Waals surface area contributed by atoms with E-state index < -0.39 is 11.9 Å². The van der Waals surface area contributed by atoms with E-state index in [4.69, 9.17) is 9.47 Å². The second-order valence-electron chi connectivity index (χ2n) is 8.54. The van der Waals surface area contributed by atoms with Crippen molar-refractivity contribution < 1.29 is 28.7 Å². The molecule has 36 heavy (non-hydrogen) atoms. The van der Waals surface area contributed by atoms with E-state index in [0.717, 1.165) is 37.1 Å². The van der Waals surface area contributed by atoms with Crippen LogP contribution in [0.2, 0.25) is 0 Å². The fraction of sp³-hybridized carbons (Fsp3) is 0.538. The molecule has 10 heteroatoms. The molecule has 1 aromatic rings. The molecule has 0 bridgehead atoms. The minimum atomic E-state index is -0.626. The highest BCUT2D eigenvalue weighted by atomic mass is 16.5. The normalized spacial score (nSPS) is 16.8. The summed E-state index contributed by atoms with van der Waals surface area (Å²) in [7, 11) is 0. The monoisotopic (exact) mass is 498 g/mol. The molecule has 1 fully saturated rings. The lowest BCUT2D eigenvalue weighted by Crippen LogP contribution is -2.52. The van der Waals surface area contributed by atoms with Crippen molar-refractivity contribution in [3.63, 3.8) is 0 Å². The molecule has 1 aromatic carbocycles. The van der Waals surface area contributed by atoms with Crippen LogP contribution in [0.4, 0.5) is 0 Å². The second kappa shape index (κ2) is 15.0. The van der Waals surface area contributed by atoms with Crippen molar-refractivity contribution in [2.75, 3.05) is 46.1 Å². The lowest BCUT2D eigenvalue weighted by Gasteiger charge is -2.29. The average Bonchev–Trinajstić information content (AvgIpc) is 3.20. The van der Waals surface area contributed by atoms with E-state index in [-0.39, 0.29) is 18.2 Å². The maximum absolute atomic E-state index is 12.9. The number of hydrogen-bond acceptors (Lipinski definition) is 7. The van der Waals surface area contributed by atoms with Crippen LogP contribution in [-0.4, -0.2) is 81.1 Å². The molecule has 194 valence electrons. The third kappa shape index (κ3) is 8.16. The quantitative estimate of drug-likeness (QED) is 0.138. The number of ether oxygens (including phenoxy) is 2. The largest absolute Gasteiger partial charge is 0.381 e. The van der Waals surface area contributed by atoms with E-state index in [2.05, 4.69) is 27.8 Å². The summed E-state index contributed by atoms with van der Waals surface area (Å²) >= 11 is 0. The van der Waals surface area contributed by atoms with Gasteiger partial charge in [0.05, 0.1) is 6.61 Å². The zero-order valence-corrected chi connectivity index (χ0v) is 20.5. The first-order valence-electron chi connectivity index (χ1n) is 12.4. The Labute approximate surface area is 211 Å². The highest BCUT2D eigenvalue weighted by Crippen LogP contribution is 2.29. The molecule has 10 nitrogen and oxygen atoms in total. The highest BCUT2D eigenvalue weighted by molar-refractivity contribution is 6.05. The number of benzene rings is 1. The van der Waals surface area contributed by atoms with Crippen LogP contribution >= 0.6 is 0 Å². The fourth-order valence-electron chi connectivity index (χ4n) is 4.08. The lowest BCUT2D eigenvalue weighted by atomic mass is 10.0. The summed E-state index contributed by atoms with van der Waals surface area (Å²) < 4.78 is 11.0. The highest BCUT2D eigenvalue weighted by Gasteiger charge is 2.39. The predicted molar refractivity (Wildman–Crippen MR) is 132 cm³/mol. The van der Waals surface area contributed by atoms with Gasteiger partial charge < -0.3 is 25.0 Å². The number of carbonyl (C=O) groups is 4. The van der Waals surface area contributed by atoms with Crippen molar-refractivity contribution in [3.05, 3.63) is 34.9 Å². The molecule has 0 aliphatic carbocycles. The lowest BCUT2D eigenvalue weighted by molar-refractivity contribution is -0.136. The summed E-state index contributed by atoms with van der Waals surface area (Å²) in [5, 5.41) is 8.20. The fourth-order valence-corrected chi connectivity index (χ4v) is 4.08. The Morgan fingerprint density at radius 2 is 1.86 bits per heavy atom. The van der Waals surface area contributed by atoms with Gasteiger partial charge >= 0.3 is 0 Å². The van der Waals surface area contributed by atoms with Crippen LogP contribution in [0.3, 0.4) is 0 Å². The van der Waals surface area contributed by atoms with Gasteiger partial charge in [-0.25, -0.2) is 0 Å². The van der Waals surface area contributed by atoms with Crippen LogP contribution in [0.15, 0.2) is 18.2 Å². The van der Waals surface area contributed by atoms with Crippen LogP contribution in [0.1, 0.15) is 53.6 Å². The first-order chi connectivity index (χ1) is 17.6. The Morgan fingerprint density at radius 3 is 2.67 bits per heavy atom. The maximum Gasteiger partial charge on any atom is 0.255 e. The molecule has 4 amide bonds. The number of hydrogen-bond donors (Lipinski definition) is 3. The summed E-state index contributed by atoms with van der Waals surface area (Å²) in [6.45, 7) is 4.94. The number of nitrogens with zero attached hydrogens (tertiary/aromatic N) is 1. The van der Waals surface area contributed by atoms with Gasteiger partial charge in [-0.3, -0.25) is 24.5 Å². The SMILES string of the molecule is O=CNCCCOCCCOCCNCCC#Cc1cccc2c1CN(C1CCC(=O)NC1=O)C2=O. The molecule has 3 rings (SSSR count). The molecule has 2 heterocycles. The zero-order chi connectivity index (χ0) is 25.6. The average molecular weight is 499 g/mol. The molecular formula is C26H34N4O6. The van der Waals surface area contributed by atoms with Gasteiger partial charge in [0.25, 0.3) is 5.91 Å². The molecular weight excluding hydrogens is 464 g/mol. The van der Waals surface area contributed by atoms with Crippen molar-refractivity contribution in [3.8, 4) is 11.8 Å². The molecule has 1 atom stereocenters. The number of carbonyl (C=O) groups excluding carboxylic acids is 4. The zero-order valence-electron chi connectivity index (χ0n) is 20.5. The molecule has 1 saturated heterocycles. The third-order valence-electron chi connectivity index (χ3n) is 5.93. The molecule has 2 aliphatic rings.